The highest BCUT2D eigenvalue weighted by atomic mass is 16.5. The molecule has 9 nitrogen and oxygen atoms in total. The zero-order valence-electron chi connectivity index (χ0n) is 16.5. The second kappa shape index (κ2) is 9.01. The number of aryl methyl sites for hydroxylation is 1. The average molecular weight is 375 g/mol. The first-order chi connectivity index (χ1) is 13.1. The van der Waals surface area contributed by atoms with E-state index in [4.69, 9.17) is 9.15 Å². The number of hydrogen-bond acceptors (Lipinski definition) is 6. The second-order valence-electron chi connectivity index (χ2n) is 6.89. The van der Waals surface area contributed by atoms with Gasteiger partial charge in [-0.2, -0.15) is 5.10 Å². The van der Waals surface area contributed by atoms with Gasteiger partial charge in [0.25, 0.3) is 0 Å². The van der Waals surface area contributed by atoms with Gasteiger partial charge in [0.1, 0.15) is 18.2 Å². The molecule has 0 spiro atoms. The molecule has 0 fully saturated rings. The lowest BCUT2D eigenvalue weighted by Crippen LogP contribution is -2.48. The van der Waals surface area contributed by atoms with Gasteiger partial charge in [0, 0.05) is 33.2 Å². The third-order valence-electron chi connectivity index (χ3n) is 4.70. The molecule has 2 aromatic rings. The zero-order chi connectivity index (χ0) is 19.2. The number of rotatable bonds is 7. The predicted octanol–water partition coefficient (Wildman–Crippen LogP) is 0.800. The maximum Gasteiger partial charge on any atom is 0.191 e. The van der Waals surface area contributed by atoms with E-state index in [1.807, 2.05) is 30.9 Å². The lowest BCUT2D eigenvalue weighted by Gasteiger charge is -2.27. The Labute approximate surface area is 159 Å². The molecule has 0 bridgehead atoms. The molecule has 148 valence electrons. The topological polar surface area (TPSA) is 92.7 Å². The molecule has 0 saturated carbocycles. The summed E-state index contributed by atoms with van der Waals surface area (Å²) in [6.45, 7) is 1.90. The summed E-state index contributed by atoms with van der Waals surface area (Å²) in [5.74, 6) is 3.47. The maximum absolute atomic E-state index is 5.56. The lowest BCUT2D eigenvalue weighted by atomic mass is 10.1. The minimum Gasteiger partial charge on any atom is -0.468 e. The highest BCUT2D eigenvalue weighted by Gasteiger charge is 2.23. The number of aliphatic imine (C=N–C) groups is 1. The Hall–Kier alpha value is -2.39. The SMILES string of the molecule is CN=C(NCC(c1ccco1)N(C)C)NC1CCc2nc(COC)nn2C1. The summed E-state index contributed by atoms with van der Waals surface area (Å²) in [4.78, 5) is 11.0. The van der Waals surface area contributed by atoms with Gasteiger partial charge in [-0.1, -0.05) is 0 Å². The minimum atomic E-state index is 0.128. The highest BCUT2D eigenvalue weighted by molar-refractivity contribution is 5.80. The fourth-order valence-corrected chi connectivity index (χ4v) is 3.27. The molecule has 1 aliphatic rings. The van der Waals surface area contributed by atoms with Gasteiger partial charge in [0.05, 0.1) is 18.8 Å². The minimum absolute atomic E-state index is 0.128. The van der Waals surface area contributed by atoms with Crippen LogP contribution >= 0.6 is 0 Å². The van der Waals surface area contributed by atoms with E-state index < -0.39 is 0 Å². The lowest BCUT2D eigenvalue weighted by molar-refractivity contribution is 0.177. The van der Waals surface area contributed by atoms with Crippen LogP contribution in [-0.4, -0.2) is 66.5 Å². The number of nitrogens with one attached hydrogen (secondary N) is 2. The van der Waals surface area contributed by atoms with Crippen molar-refractivity contribution in [2.24, 2.45) is 4.99 Å². The summed E-state index contributed by atoms with van der Waals surface area (Å²) >= 11 is 0. The van der Waals surface area contributed by atoms with Crippen LogP contribution in [-0.2, 0) is 24.3 Å². The molecule has 0 amide bonds. The zero-order valence-corrected chi connectivity index (χ0v) is 16.5. The van der Waals surface area contributed by atoms with Crippen molar-refractivity contribution in [3.05, 3.63) is 35.8 Å². The molecular weight excluding hydrogens is 346 g/mol. The van der Waals surface area contributed by atoms with E-state index in [0.717, 1.165) is 42.8 Å². The first-order valence-electron chi connectivity index (χ1n) is 9.19. The van der Waals surface area contributed by atoms with Crippen LogP contribution < -0.4 is 10.6 Å². The van der Waals surface area contributed by atoms with E-state index in [1.54, 1.807) is 20.4 Å². The standard InChI is InChI=1S/C18H29N7O2/c1-19-18(20-10-14(24(2)3)15-6-5-9-27-15)21-13-7-8-17-22-16(12-26-4)23-25(17)11-13/h5-6,9,13-14H,7-8,10-12H2,1-4H3,(H2,19,20,21). The highest BCUT2D eigenvalue weighted by Crippen LogP contribution is 2.17. The van der Waals surface area contributed by atoms with Crippen LogP contribution in [0, 0.1) is 0 Å². The fraction of sp³-hybridized carbons (Fsp3) is 0.611. The summed E-state index contributed by atoms with van der Waals surface area (Å²) in [5, 5.41) is 11.4. The first kappa shape index (κ1) is 19.4. The summed E-state index contributed by atoms with van der Waals surface area (Å²) in [5.41, 5.74) is 0. The number of guanidine groups is 1. The smallest absolute Gasteiger partial charge is 0.191 e. The van der Waals surface area contributed by atoms with Crippen molar-refractivity contribution >= 4 is 5.96 Å². The summed E-state index contributed by atoms with van der Waals surface area (Å²) in [6, 6.07) is 4.28. The number of aromatic nitrogens is 3. The Morgan fingerprint density at radius 2 is 2.37 bits per heavy atom. The molecule has 3 heterocycles. The molecule has 2 aromatic heterocycles. The quantitative estimate of drug-likeness (QED) is 0.546. The van der Waals surface area contributed by atoms with Crippen LogP contribution in [0.1, 0.15) is 29.9 Å². The molecular formula is C18H29N7O2. The predicted molar refractivity (Wildman–Crippen MR) is 102 cm³/mol. The molecule has 2 atom stereocenters. The van der Waals surface area contributed by atoms with E-state index in [2.05, 4.69) is 30.6 Å². The van der Waals surface area contributed by atoms with Gasteiger partial charge in [-0.15, -0.1) is 0 Å². The van der Waals surface area contributed by atoms with Crippen LogP contribution in [0.15, 0.2) is 27.8 Å². The summed E-state index contributed by atoms with van der Waals surface area (Å²) in [7, 11) is 7.52. The Morgan fingerprint density at radius 3 is 3.04 bits per heavy atom. The number of methoxy groups -OCH3 is 1. The van der Waals surface area contributed by atoms with Crippen molar-refractivity contribution < 1.29 is 9.15 Å². The molecule has 9 heteroatoms. The maximum atomic E-state index is 5.56. The van der Waals surface area contributed by atoms with Crippen LogP contribution in [0.2, 0.25) is 0 Å². The van der Waals surface area contributed by atoms with Crippen LogP contribution in [0.25, 0.3) is 0 Å². The molecule has 27 heavy (non-hydrogen) atoms. The van der Waals surface area contributed by atoms with Crippen molar-refractivity contribution in [3.8, 4) is 0 Å². The van der Waals surface area contributed by atoms with E-state index >= 15 is 0 Å². The largest absolute Gasteiger partial charge is 0.468 e. The molecule has 2 unspecified atom stereocenters. The van der Waals surface area contributed by atoms with Crippen molar-refractivity contribution in [2.45, 2.75) is 38.1 Å². The van der Waals surface area contributed by atoms with Crippen molar-refractivity contribution in [3.63, 3.8) is 0 Å². The number of ether oxygens (including phenoxy) is 1. The van der Waals surface area contributed by atoms with Crippen LogP contribution in [0.4, 0.5) is 0 Å². The van der Waals surface area contributed by atoms with Gasteiger partial charge >= 0.3 is 0 Å². The summed E-state index contributed by atoms with van der Waals surface area (Å²) in [6.07, 6.45) is 3.58. The van der Waals surface area contributed by atoms with Gasteiger partial charge < -0.3 is 19.8 Å². The van der Waals surface area contributed by atoms with E-state index in [0.29, 0.717) is 13.2 Å². The van der Waals surface area contributed by atoms with E-state index in [1.165, 1.54) is 0 Å². The molecule has 2 N–H and O–H groups in total. The third kappa shape index (κ3) is 4.86. The average Bonchev–Trinajstić information content (AvgIpc) is 3.30. The van der Waals surface area contributed by atoms with Crippen molar-refractivity contribution in [1.29, 1.82) is 0 Å². The molecule has 0 aliphatic carbocycles. The number of furan rings is 1. The fourth-order valence-electron chi connectivity index (χ4n) is 3.27. The number of nitrogens with zero attached hydrogens (tertiary/aromatic N) is 5. The Bertz CT molecular complexity index is 739. The monoisotopic (exact) mass is 375 g/mol. The van der Waals surface area contributed by atoms with Gasteiger partial charge in [0.2, 0.25) is 0 Å². The molecule has 0 radical (unpaired) electrons. The van der Waals surface area contributed by atoms with Crippen molar-refractivity contribution in [2.75, 3.05) is 34.8 Å². The van der Waals surface area contributed by atoms with Gasteiger partial charge in [0.15, 0.2) is 11.8 Å². The third-order valence-corrected chi connectivity index (χ3v) is 4.70. The Kier molecular flexibility index (Phi) is 6.46. The first-order valence-corrected chi connectivity index (χ1v) is 9.19. The second-order valence-corrected chi connectivity index (χ2v) is 6.89. The van der Waals surface area contributed by atoms with E-state index in [9.17, 15) is 0 Å². The van der Waals surface area contributed by atoms with Crippen LogP contribution in [0.5, 0.6) is 0 Å². The Morgan fingerprint density at radius 1 is 1.52 bits per heavy atom. The molecule has 3 rings (SSSR count). The number of hydrogen-bond donors (Lipinski definition) is 2. The van der Waals surface area contributed by atoms with E-state index in [-0.39, 0.29) is 12.1 Å². The number of fused-ring (bicyclic) bond motifs is 1. The van der Waals surface area contributed by atoms with Gasteiger partial charge in [-0.3, -0.25) is 9.89 Å². The molecule has 1 aliphatic heterocycles. The van der Waals surface area contributed by atoms with Crippen molar-refractivity contribution in [1.82, 2.24) is 30.3 Å². The normalized spacial score (nSPS) is 18.4. The molecule has 0 saturated heterocycles. The summed E-state index contributed by atoms with van der Waals surface area (Å²) < 4.78 is 12.7. The molecule has 0 aromatic carbocycles. The van der Waals surface area contributed by atoms with Crippen LogP contribution in [0.3, 0.4) is 0 Å². The van der Waals surface area contributed by atoms with Gasteiger partial charge in [-0.25, -0.2) is 9.67 Å². The van der Waals surface area contributed by atoms with Gasteiger partial charge in [-0.05, 0) is 32.6 Å². The Balaban J connectivity index is 1.56. The number of likely N-dealkylation sites (N-methyl/N-ethyl adjacent to an activating group) is 1.